The summed E-state index contributed by atoms with van der Waals surface area (Å²) in [5, 5.41) is 0. The fourth-order valence-electron chi connectivity index (χ4n) is 2.84. The van der Waals surface area contributed by atoms with Crippen molar-refractivity contribution < 1.29 is 19.1 Å². The van der Waals surface area contributed by atoms with Crippen LogP contribution in [0.2, 0.25) is 0 Å². The van der Waals surface area contributed by atoms with Gasteiger partial charge < -0.3 is 20.1 Å². The molecular formula is C17H22N2O4. The maximum absolute atomic E-state index is 12.2. The van der Waals surface area contributed by atoms with Gasteiger partial charge in [0.2, 0.25) is 0 Å². The number of hydrogen-bond acceptors (Lipinski definition) is 5. The van der Waals surface area contributed by atoms with Crippen molar-refractivity contribution in [1.82, 2.24) is 0 Å². The third-order valence-corrected chi connectivity index (χ3v) is 4.29. The quantitative estimate of drug-likeness (QED) is 0.809. The number of carbonyl (C=O) groups excluding carboxylic acids is 2. The number of hydrogen-bond donors (Lipinski definition) is 1. The zero-order valence-corrected chi connectivity index (χ0v) is 13.3. The van der Waals surface area contributed by atoms with Crippen molar-refractivity contribution in [2.24, 2.45) is 11.7 Å². The van der Waals surface area contributed by atoms with Gasteiger partial charge in [0.1, 0.15) is 5.75 Å². The van der Waals surface area contributed by atoms with Gasteiger partial charge in [-0.2, -0.15) is 0 Å². The lowest BCUT2D eigenvalue weighted by atomic mass is 10.0. The lowest BCUT2D eigenvalue weighted by Crippen LogP contribution is -2.40. The first-order chi connectivity index (χ1) is 11.1. The highest BCUT2D eigenvalue weighted by Gasteiger charge is 2.32. The van der Waals surface area contributed by atoms with Crippen molar-refractivity contribution >= 4 is 17.6 Å². The van der Waals surface area contributed by atoms with E-state index in [9.17, 15) is 9.59 Å². The number of nitrogens with two attached hydrogens (primary N) is 1. The second kappa shape index (κ2) is 6.58. The molecule has 0 aromatic heterocycles. The number of ether oxygens (including phenoxy) is 2. The molecule has 3 rings (SSSR count). The summed E-state index contributed by atoms with van der Waals surface area (Å²) < 4.78 is 10.4. The molecule has 1 atom stereocenters. The largest absolute Gasteiger partial charge is 0.482 e. The Labute approximate surface area is 135 Å². The van der Waals surface area contributed by atoms with E-state index in [0.29, 0.717) is 24.0 Å². The summed E-state index contributed by atoms with van der Waals surface area (Å²) in [5.41, 5.74) is 7.96. The van der Waals surface area contributed by atoms with Gasteiger partial charge in [-0.25, -0.2) is 0 Å². The fourth-order valence-corrected chi connectivity index (χ4v) is 2.84. The molecule has 1 amide bonds. The Bertz CT molecular complexity index is 613. The minimum absolute atomic E-state index is 0.00997. The van der Waals surface area contributed by atoms with Gasteiger partial charge in [0.25, 0.3) is 5.91 Å². The Morgan fingerprint density at radius 3 is 2.96 bits per heavy atom. The minimum atomic E-state index is -0.306. The molecule has 1 aliphatic heterocycles. The SMILES string of the molecule is CCOC(=O)CCN1C(=O)COc2ccc(C(N)C3CC3)cc21. The maximum Gasteiger partial charge on any atom is 0.307 e. The Kier molecular flexibility index (Phi) is 4.52. The number of anilines is 1. The van der Waals surface area contributed by atoms with Crippen molar-refractivity contribution in [2.75, 3.05) is 24.7 Å². The lowest BCUT2D eigenvalue weighted by Gasteiger charge is -2.30. The van der Waals surface area contributed by atoms with Gasteiger partial charge in [-0.1, -0.05) is 6.07 Å². The van der Waals surface area contributed by atoms with Gasteiger partial charge in [-0.15, -0.1) is 0 Å². The second-order valence-corrected chi connectivity index (χ2v) is 5.98. The van der Waals surface area contributed by atoms with Gasteiger partial charge in [-0.3, -0.25) is 9.59 Å². The molecule has 124 valence electrons. The average Bonchev–Trinajstić information content (AvgIpc) is 3.38. The van der Waals surface area contributed by atoms with Gasteiger partial charge >= 0.3 is 5.97 Å². The molecule has 0 saturated heterocycles. The van der Waals surface area contributed by atoms with Crippen LogP contribution in [0.3, 0.4) is 0 Å². The van der Waals surface area contributed by atoms with E-state index in [1.54, 1.807) is 11.8 Å². The molecule has 1 aliphatic carbocycles. The molecule has 23 heavy (non-hydrogen) atoms. The Hall–Kier alpha value is -2.08. The molecule has 0 radical (unpaired) electrons. The van der Waals surface area contributed by atoms with Crippen molar-refractivity contribution in [1.29, 1.82) is 0 Å². The standard InChI is InChI=1S/C17H22N2O4/c1-2-22-16(21)7-8-19-13-9-12(17(18)11-3-4-11)5-6-14(13)23-10-15(19)20/h5-6,9,11,17H,2-4,7-8,10,18H2,1H3. The second-order valence-electron chi connectivity index (χ2n) is 5.98. The van der Waals surface area contributed by atoms with Crippen molar-refractivity contribution in [3.05, 3.63) is 23.8 Å². The Morgan fingerprint density at radius 1 is 1.48 bits per heavy atom. The first kappa shape index (κ1) is 15.8. The molecular weight excluding hydrogens is 296 g/mol. The molecule has 6 heteroatoms. The Morgan fingerprint density at radius 2 is 2.26 bits per heavy atom. The van der Waals surface area contributed by atoms with Crippen molar-refractivity contribution in [3.8, 4) is 5.75 Å². The van der Waals surface area contributed by atoms with Gasteiger partial charge in [0.15, 0.2) is 6.61 Å². The highest BCUT2D eigenvalue weighted by molar-refractivity contribution is 5.98. The average molecular weight is 318 g/mol. The normalized spacial score (nSPS) is 18.2. The number of fused-ring (bicyclic) bond motifs is 1. The number of rotatable bonds is 6. The third kappa shape index (κ3) is 3.47. The van der Waals surface area contributed by atoms with Crippen LogP contribution >= 0.6 is 0 Å². The van der Waals surface area contributed by atoms with E-state index in [4.69, 9.17) is 15.2 Å². The molecule has 1 unspecified atom stereocenters. The molecule has 2 aliphatic rings. The van der Waals surface area contributed by atoms with Crippen LogP contribution in [-0.4, -0.2) is 31.6 Å². The van der Waals surface area contributed by atoms with E-state index < -0.39 is 0 Å². The van der Waals surface area contributed by atoms with Crippen molar-refractivity contribution in [3.63, 3.8) is 0 Å². The van der Waals surface area contributed by atoms with Gasteiger partial charge in [-0.05, 0) is 43.4 Å². The summed E-state index contributed by atoms with van der Waals surface area (Å²) in [4.78, 5) is 25.3. The minimum Gasteiger partial charge on any atom is -0.482 e. The highest BCUT2D eigenvalue weighted by Crippen LogP contribution is 2.42. The van der Waals surface area contributed by atoms with E-state index in [2.05, 4.69) is 0 Å². The van der Waals surface area contributed by atoms with Crippen LogP contribution in [0.5, 0.6) is 5.75 Å². The van der Waals surface area contributed by atoms with Crippen LogP contribution in [0, 0.1) is 5.92 Å². The number of carbonyl (C=O) groups is 2. The van der Waals surface area contributed by atoms with Crippen LogP contribution in [0.15, 0.2) is 18.2 Å². The predicted octanol–water partition coefficient (Wildman–Crippen LogP) is 1.77. The Balaban J connectivity index is 1.79. The summed E-state index contributed by atoms with van der Waals surface area (Å²) in [7, 11) is 0. The summed E-state index contributed by atoms with van der Waals surface area (Å²) in [6.07, 6.45) is 2.47. The molecule has 0 spiro atoms. The van der Waals surface area contributed by atoms with E-state index in [1.165, 1.54) is 0 Å². The summed E-state index contributed by atoms with van der Waals surface area (Å²) >= 11 is 0. The van der Waals surface area contributed by atoms with E-state index in [1.807, 2.05) is 18.2 Å². The zero-order valence-electron chi connectivity index (χ0n) is 13.3. The van der Waals surface area contributed by atoms with E-state index >= 15 is 0 Å². The molecule has 1 fully saturated rings. The molecule has 2 N–H and O–H groups in total. The maximum atomic E-state index is 12.2. The van der Waals surface area contributed by atoms with Crippen LogP contribution in [0.4, 0.5) is 5.69 Å². The van der Waals surface area contributed by atoms with E-state index in [-0.39, 0.29) is 37.5 Å². The number of amides is 1. The monoisotopic (exact) mass is 318 g/mol. The third-order valence-electron chi connectivity index (χ3n) is 4.29. The topological polar surface area (TPSA) is 81.9 Å². The molecule has 6 nitrogen and oxygen atoms in total. The number of esters is 1. The van der Waals surface area contributed by atoms with E-state index in [0.717, 1.165) is 18.4 Å². The summed E-state index contributed by atoms with van der Waals surface area (Å²) in [6, 6.07) is 5.72. The van der Waals surface area contributed by atoms with Crippen LogP contribution < -0.4 is 15.4 Å². The number of benzene rings is 1. The smallest absolute Gasteiger partial charge is 0.307 e. The fraction of sp³-hybridized carbons (Fsp3) is 0.529. The number of nitrogens with zero attached hydrogens (tertiary/aromatic N) is 1. The zero-order chi connectivity index (χ0) is 16.4. The summed E-state index contributed by atoms with van der Waals surface area (Å²) in [6.45, 7) is 2.38. The van der Waals surface area contributed by atoms with Crippen LogP contribution in [0.1, 0.15) is 37.8 Å². The molecule has 1 saturated carbocycles. The molecule has 1 heterocycles. The summed E-state index contributed by atoms with van der Waals surface area (Å²) in [5.74, 6) is 0.722. The van der Waals surface area contributed by atoms with Crippen LogP contribution in [0.25, 0.3) is 0 Å². The first-order valence-corrected chi connectivity index (χ1v) is 8.08. The molecule has 0 bridgehead atoms. The first-order valence-electron chi connectivity index (χ1n) is 8.08. The van der Waals surface area contributed by atoms with Crippen molar-refractivity contribution in [2.45, 2.75) is 32.2 Å². The highest BCUT2D eigenvalue weighted by atomic mass is 16.5. The van der Waals surface area contributed by atoms with Crippen LogP contribution in [-0.2, 0) is 14.3 Å². The van der Waals surface area contributed by atoms with Gasteiger partial charge in [0, 0.05) is 12.6 Å². The predicted molar refractivity (Wildman–Crippen MR) is 85.2 cm³/mol. The molecule has 1 aromatic carbocycles. The molecule has 1 aromatic rings. The lowest BCUT2D eigenvalue weighted by molar-refractivity contribution is -0.142. The van der Waals surface area contributed by atoms with Gasteiger partial charge in [0.05, 0.1) is 18.7 Å².